The van der Waals surface area contributed by atoms with Crippen molar-refractivity contribution < 1.29 is 0 Å². The Kier molecular flexibility index (Phi) is 2.28. The number of nitrogens with zero attached hydrogens (tertiary/aromatic N) is 1. The van der Waals surface area contributed by atoms with Crippen molar-refractivity contribution in [3.63, 3.8) is 0 Å². The minimum Gasteiger partial charge on any atom is -0.196 e. The first kappa shape index (κ1) is 9.34. The summed E-state index contributed by atoms with van der Waals surface area (Å²) in [6.07, 6.45) is 9.73. The Morgan fingerprint density at radius 3 is 1.92 bits per heavy atom. The molecule has 0 atom stereocenters. The van der Waals surface area contributed by atoms with Crippen LogP contribution in [0.25, 0.3) is 0 Å². The first-order valence-electron chi connectivity index (χ1n) is 5.28. The Labute approximate surface area is 85.1 Å². The van der Waals surface area contributed by atoms with E-state index in [4.69, 9.17) is 16.9 Å². The molecule has 2 heteroatoms. The number of rotatable bonds is 0. The van der Waals surface area contributed by atoms with E-state index in [1.54, 1.807) is 0 Å². The van der Waals surface area contributed by atoms with Crippen molar-refractivity contribution >= 4 is 11.6 Å². The maximum absolute atomic E-state index is 8.90. The van der Waals surface area contributed by atoms with Crippen molar-refractivity contribution in [1.29, 1.82) is 5.26 Å². The number of nitriles is 1. The third kappa shape index (κ3) is 1.70. The van der Waals surface area contributed by atoms with E-state index in [9.17, 15) is 0 Å². The monoisotopic (exact) mass is 197 g/mol. The van der Waals surface area contributed by atoms with Crippen molar-refractivity contribution in [2.24, 2.45) is 5.41 Å². The Morgan fingerprint density at radius 1 is 0.923 bits per heavy atom. The van der Waals surface area contributed by atoms with Gasteiger partial charge in [-0.05, 0) is 43.9 Å². The highest BCUT2D eigenvalue weighted by atomic mass is 35.5. The quantitative estimate of drug-likeness (QED) is 0.545. The molecule has 0 unspecified atom stereocenters. The van der Waals surface area contributed by atoms with E-state index in [-0.39, 0.29) is 0 Å². The van der Waals surface area contributed by atoms with Gasteiger partial charge in [0, 0.05) is 0 Å². The van der Waals surface area contributed by atoms with Gasteiger partial charge in [-0.2, -0.15) is 5.26 Å². The van der Waals surface area contributed by atoms with Gasteiger partial charge in [0.15, 0.2) is 0 Å². The zero-order valence-corrected chi connectivity index (χ0v) is 8.74. The largest absolute Gasteiger partial charge is 0.196 e. The number of hydrogen-bond acceptors (Lipinski definition) is 1. The summed E-state index contributed by atoms with van der Waals surface area (Å²) in [7, 11) is 0. The van der Waals surface area contributed by atoms with Crippen molar-refractivity contribution in [2.75, 3.05) is 0 Å². The highest BCUT2D eigenvalue weighted by Crippen LogP contribution is 2.52. The first-order chi connectivity index (χ1) is 6.18. The molecule has 2 aliphatic rings. The fraction of sp³-hybridized carbons (Fsp3) is 0.909. The van der Waals surface area contributed by atoms with E-state index in [1.807, 2.05) is 0 Å². The molecule has 0 aliphatic heterocycles. The normalized spacial score (nSPS) is 30.2. The zero-order valence-electron chi connectivity index (χ0n) is 7.98. The summed E-state index contributed by atoms with van der Waals surface area (Å²) in [5.74, 6) is 0. The summed E-state index contributed by atoms with van der Waals surface area (Å²) >= 11 is 6.16. The first-order valence-corrected chi connectivity index (χ1v) is 5.66. The molecule has 0 radical (unpaired) electrons. The third-order valence-corrected chi connectivity index (χ3v) is 4.43. The van der Waals surface area contributed by atoms with Gasteiger partial charge in [-0.1, -0.05) is 12.8 Å². The van der Waals surface area contributed by atoms with E-state index in [0.717, 1.165) is 12.8 Å². The summed E-state index contributed by atoms with van der Waals surface area (Å²) in [5, 5.41) is 8.90. The lowest BCUT2D eigenvalue weighted by Gasteiger charge is -2.38. The van der Waals surface area contributed by atoms with Crippen LogP contribution in [-0.2, 0) is 0 Å². The van der Waals surface area contributed by atoms with Gasteiger partial charge in [0.25, 0.3) is 0 Å². The van der Waals surface area contributed by atoms with Crippen molar-refractivity contribution in [2.45, 2.75) is 56.2 Å². The molecule has 72 valence electrons. The van der Waals surface area contributed by atoms with Gasteiger partial charge < -0.3 is 0 Å². The summed E-state index contributed by atoms with van der Waals surface area (Å²) in [6.45, 7) is 0. The molecular weight excluding hydrogens is 182 g/mol. The molecule has 1 nitrogen and oxygen atoms in total. The molecule has 0 heterocycles. The molecule has 13 heavy (non-hydrogen) atoms. The summed E-state index contributed by atoms with van der Waals surface area (Å²) in [4.78, 5) is -0.520. The van der Waals surface area contributed by atoms with Gasteiger partial charge in [-0.25, -0.2) is 0 Å². The number of alkyl halides is 1. The minimum absolute atomic E-state index is 0.520. The lowest BCUT2D eigenvalue weighted by Crippen LogP contribution is -2.32. The molecule has 0 N–H and O–H groups in total. The maximum Gasteiger partial charge on any atom is 0.131 e. The topological polar surface area (TPSA) is 23.8 Å². The Hall–Kier alpha value is -0.220. The van der Waals surface area contributed by atoms with Crippen LogP contribution in [0, 0.1) is 16.7 Å². The number of halogens is 1. The van der Waals surface area contributed by atoms with Crippen molar-refractivity contribution in [3.8, 4) is 6.07 Å². The molecule has 2 fully saturated rings. The van der Waals surface area contributed by atoms with E-state index >= 15 is 0 Å². The predicted octanol–water partition coefficient (Wildman–Crippen LogP) is 3.62. The molecule has 0 aromatic carbocycles. The third-order valence-electron chi connectivity index (χ3n) is 3.97. The Morgan fingerprint density at radius 2 is 1.46 bits per heavy atom. The van der Waals surface area contributed by atoms with Gasteiger partial charge in [0.05, 0.1) is 6.07 Å². The zero-order chi connectivity index (χ0) is 9.36. The lowest BCUT2D eigenvalue weighted by molar-refractivity contribution is 0.184. The minimum atomic E-state index is -0.520. The van der Waals surface area contributed by atoms with Crippen LogP contribution in [-0.4, -0.2) is 4.87 Å². The number of hydrogen-bond donors (Lipinski definition) is 0. The van der Waals surface area contributed by atoms with Gasteiger partial charge in [-0.15, -0.1) is 11.6 Å². The summed E-state index contributed by atoms with van der Waals surface area (Å²) in [6, 6.07) is 2.25. The van der Waals surface area contributed by atoms with Crippen molar-refractivity contribution in [3.05, 3.63) is 0 Å². The molecule has 2 rings (SSSR count). The second-order valence-corrected chi connectivity index (χ2v) is 5.51. The van der Waals surface area contributed by atoms with E-state index in [1.165, 1.54) is 38.5 Å². The Bertz CT molecular complexity index is 225. The molecule has 0 bridgehead atoms. The Balaban J connectivity index is 2.00. The molecule has 1 spiro atoms. The van der Waals surface area contributed by atoms with Crippen LogP contribution in [0.3, 0.4) is 0 Å². The van der Waals surface area contributed by atoms with Crippen LogP contribution in [0.5, 0.6) is 0 Å². The van der Waals surface area contributed by atoms with E-state index in [2.05, 4.69) is 6.07 Å². The summed E-state index contributed by atoms with van der Waals surface area (Å²) in [5.41, 5.74) is 0.592. The summed E-state index contributed by atoms with van der Waals surface area (Å²) < 4.78 is 0. The van der Waals surface area contributed by atoms with Gasteiger partial charge in [-0.3, -0.25) is 0 Å². The van der Waals surface area contributed by atoms with Gasteiger partial charge >= 0.3 is 0 Å². The molecule has 0 aromatic rings. The molecule has 0 amide bonds. The SMILES string of the molecule is N#CC1(Cl)CCC2(CCCC2)CC1. The molecule has 0 saturated heterocycles. The second-order valence-electron chi connectivity index (χ2n) is 4.78. The second kappa shape index (κ2) is 3.17. The van der Waals surface area contributed by atoms with Crippen molar-refractivity contribution in [1.82, 2.24) is 0 Å². The molecule has 0 aromatic heterocycles. The highest BCUT2D eigenvalue weighted by Gasteiger charge is 2.43. The average Bonchev–Trinajstić information content (AvgIpc) is 2.61. The maximum atomic E-state index is 8.90. The van der Waals surface area contributed by atoms with Crippen LogP contribution >= 0.6 is 11.6 Å². The van der Waals surface area contributed by atoms with Crippen LogP contribution in [0.2, 0.25) is 0 Å². The predicted molar refractivity (Wildman–Crippen MR) is 53.6 cm³/mol. The lowest BCUT2D eigenvalue weighted by atomic mass is 9.69. The van der Waals surface area contributed by atoms with Crippen LogP contribution in [0.1, 0.15) is 51.4 Å². The van der Waals surface area contributed by atoms with E-state index in [0.29, 0.717) is 5.41 Å². The van der Waals surface area contributed by atoms with Crippen LogP contribution in [0.15, 0.2) is 0 Å². The fourth-order valence-corrected chi connectivity index (χ4v) is 3.10. The standard InChI is InChI=1S/C11H16ClN/c12-11(9-13)7-5-10(6-8-11)3-1-2-4-10/h1-8H2. The van der Waals surface area contributed by atoms with Crippen LogP contribution < -0.4 is 0 Å². The van der Waals surface area contributed by atoms with Crippen LogP contribution in [0.4, 0.5) is 0 Å². The molecular formula is C11H16ClN. The smallest absolute Gasteiger partial charge is 0.131 e. The molecule has 2 aliphatic carbocycles. The highest BCUT2D eigenvalue weighted by molar-refractivity contribution is 6.25. The molecule has 2 saturated carbocycles. The van der Waals surface area contributed by atoms with E-state index < -0.39 is 4.87 Å². The van der Waals surface area contributed by atoms with Gasteiger partial charge in [0.1, 0.15) is 4.87 Å². The van der Waals surface area contributed by atoms with Gasteiger partial charge in [0.2, 0.25) is 0 Å². The fourth-order valence-electron chi connectivity index (χ4n) is 2.91. The average molecular weight is 198 g/mol.